The van der Waals surface area contributed by atoms with E-state index < -0.39 is 0 Å². The highest BCUT2D eigenvalue weighted by Crippen LogP contribution is 2.16. The predicted molar refractivity (Wildman–Crippen MR) is 48.3 cm³/mol. The first kappa shape index (κ1) is 9.01. The van der Waals surface area contributed by atoms with Gasteiger partial charge < -0.3 is 0 Å². The number of rotatable bonds is 2. The van der Waals surface area contributed by atoms with Crippen LogP contribution >= 0.6 is 0 Å². The maximum absolute atomic E-state index is 2.48. The standard InChI is InChI=1S/C9H20N2/c1-8(2)10-6-5-7-11(10)9(3)4/h8-9H,5-7H2,1-4H3. The summed E-state index contributed by atoms with van der Waals surface area (Å²) in [5, 5.41) is 4.95. The van der Waals surface area contributed by atoms with Crippen molar-refractivity contribution in [2.75, 3.05) is 13.1 Å². The van der Waals surface area contributed by atoms with Gasteiger partial charge in [-0.15, -0.1) is 0 Å². The first-order chi connectivity index (χ1) is 5.13. The lowest BCUT2D eigenvalue weighted by Crippen LogP contribution is -2.44. The highest BCUT2D eigenvalue weighted by Gasteiger charge is 2.25. The summed E-state index contributed by atoms with van der Waals surface area (Å²) < 4.78 is 0. The third kappa shape index (κ3) is 1.94. The molecule has 66 valence electrons. The van der Waals surface area contributed by atoms with Crippen molar-refractivity contribution in [1.29, 1.82) is 0 Å². The van der Waals surface area contributed by atoms with Crippen LogP contribution in [0.5, 0.6) is 0 Å². The molecule has 1 aliphatic heterocycles. The van der Waals surface area contributed by atoms with Gasteiger partial charge in [0.2, 0.25) is 0 Å². The largest absolute Gasteiger partial charge is 0.239 e. The number of hydrazine groups is 1. The second-order valence-corrected chi connectivity index (χ2v) is 3.87. The average Bonchev–Trinajstić information content (AvgIpc) is 2.32. The first-order valence-electron chi connectivity index (χ1n) is 4.66. The van der Waals surface area contributed by atoms with Crippen molar-refractivity contribution < 1.29 is 0 Å². The van der Waals surface area contributed by atoms with Crippen molar-refractivity contribution in [3.8, 4) is 0 Å². The summed E-state index contributed by atoms with van der Waals surface area (Å²) in [6, 6.07) is 1.33. The zero-order chi connectivity index (χ0) is 8.43. The molecule has 0 aromatic heterocycles. The van der Waals surface area contributed by atoms with E-state index in [1.54, 1.807) is 0 Å². The fraction of sp³-hybridized carbons (Fsp3) is 1.00. The normalized spacial score (nSPS) is 22.4. The van der Waals surface area contributed by atoms with Crippen LogP contribution in [0.1, 0.15) is 34.1 Å². The summed E-state index contributed by atoms with van der Waals surface area (Å²) in [6.07, 6.45) is 1.33. The van der Waals surface area contributed by atoms with E-state index in [-0.39, 0.29) is 0 Å². The third-order valence-electron chi connectivity index (χ3n) is 2.30. The van der Waals surface area contributed by atoms with Crippen molar-refractivity contribution in [2.24, 2.45) is 0 Å². The highest BCUT2D eigenvalue weighted by atomic mass is 15.7. The van der Waals surface area contributed by atoms with Crippen molar-refractivity contribution in [1.82, 2.24) is 10.0 Å². The predicted octanol–water partition coefficient (Wildman–Crippen LogP) is 1.73. The van der Waals surface area contributed by atoms with E-state index in [0.29, 0.717) is 12.1 Å². The van der Waals surface area contributed by atoms with Gasteiger partial charge in [0, 0.05) is 25.2 Å². The fourth-order valence-electron chi connectivity index (χ4n) is 1.76. The van der Waals surface area contributed by atoms with E-state index in [2.05, 4.69) is 37.7 Å². The molecule has 1 rings (SSSR count). The lowest BCUT2D eigenvalue weighted by molar-refractivity contribution is -0.0272. The molecular formula is C9H20N2. The van der Waals surface area contributed by atoms with Crippen LogP contribution in [0.2, 0.25) is 0 Å². The molecule has 1 fully saturated rings. The monoisotopic (exact) mass is 156 g/mol. The minimum atomic E-state index is 0.667. The van der Waals surface area contributed by atoms with Gasteiger partial charge in [-0.2, -0.15) is 0 Å². The average molecular weight is 156 g/mol. The van der Waals surface area contributed by atoms with Crippen LogP contribution in [-0.4, -0.2) is 35.2 Å². The quantitative estimate of drug-likeness (QED) is 0.600. The Morgan fingerprint density at radius 3 is 1.45 bits per heavy atom. The topological polar surface area (TPSA) is 6.48 Å². The van der Waals surface area contributed by atoms with E-state index >= 15 is 0 Å². The SMILES string of the molecule is CC(C)N1CCCN1C(C)C. The summed E-state index contributed by atoms with van der Waals surface area (Å²) in [5.74, 6) is 0. The Hall–Kier alpha value is -0.0800. The molecule has 0 spiro atoms. The Kier molecular flexibility index (Phi) is 2.90. The van der Waals surface area contributed by atoms with Gasteiger partial charge >= 0.3 is 0 Å². The van der Waals surface area contributed by atoms with E-state index in [0.717, 1.165) is 0 Å². The van der Waals surface area contributed by atoms with Gasteiger partial charge in [-0.05, 0) is 34.1 Å². The van der Waals surface area contributed by atoms with Crippen LogP contribution in [0.15, 0.2) is 0 Å². The molecule has 0 aliphatic carbocycles. The molecule has 0 bridgehead atoms. The third-order valence-corrected chi connectivity index (χ3v) is 2.30. The number of hydrogen-bond acceptors (Lipinski definition) is 2. The molecule has 11 heavy (non-hydrogen) atoms. The van der Waals surface area contributed by atoms with Crippen LogP contribution in [0, 0.1) is 0 Å². The maximum Gasteiger partial charge on any atom is 0.0189 e. The zero-order valence-corrected chi connectivity index (χ0v) is 8.17. The molecule has 1 saturated heterocycles. The summed E-state index contributed by atoms with van der Waals surface area (Å²) in [7, 11) is 0. The van der Waals surface area contributed by atoms with Gasteiger partial charge in [0.1, 0.15) is 0 Å². The Balaban J connectivity index is 2.51. The molecule has 2 nitrogen and oxygen atoms in total. The number of nitrogens with zero attached hydrogens (tertiary/aromatic N) is 2. The molecule has 0 radical (unpaired) electrons. The molecular weight excluding hydrogens is 136 g/mol. The lowest BCUT2D eigenvalue weighted by atomic mass is 10.3. The molecule has 1 aliphatic rings. The van der Waals surface area contributed by atoms with Crippen molar-refractivity contribution in [3.63, 3.8) is 0 Å². The van der Waals surface area contributed by atoms with Crippen LogP contribution in [0.25, 0.3) is 0 Å². The van der Waals surface area contributed by atoms with Gasteiger partial charge in [0.25, 0.3) is 0 Å². The second kappa shape index (κ2) is 3.55. The van der Waals surface area contributed by atoms with E-state index in [4.69, 9.17) is 0 Å². The summed E-state index contributed by atoms with van der Waals surface area (Å²) in [5.41, 5.74) is 0. The Labute approximate surface area is 70.1 Å². The molecule has 0 amide bonds. The van der Waals surface area contributed by atoms with Crippen molar-refractivity contribution in [2.45, 2.75) is 46.2 Å². The van der Waals surface area contributed by atoms with Crippen molar-refractivity contribution >= 4 is 0 Å². The first-order valence-corrected chi connectivity index (χ1v) is 4.66. The number of hydrogen-bond donors (Lipinski definition) is 0. The van der Waals surface area contributed by atoms with E-state index in [1.165, 1.54) is 19.5 Å². The Morgan fingerprint density at radius 1 is 0.818 bits per heavy atom. The van der Waals surface area contributed by atoms with Gasteiger partial charge in [-0.3, -0.25) is 0 Å². The van der Waals surface area contributed by atoms with Gasteiger partial charge in [0.15, 0.2) is 0 Å². The molecule has 0 unspecified atom stereocenters. The molecule has 2 heteroatoms. The minimum Gasteiger partial charge on any atom is -0.239 e. The fourth-order valence-corrected chi connectivity index (χ4v) is 1.76. The van der Waals surface area contributed by atoms with Gasteiger partial charge in [0.05, 0.1) is 0 Å². The smallest absolute Gasteiger partial charge is 0.0189 e. The molecule has 0 N–H and O–H groups in total. The Bertz CT molecular complexity index is 107. The van der Waals surface area contributed by atoms with Gasteiger partial charge in [-0.25, -0.2) is 10.0 Å². The molecule has 0 aromatic rings. The van der Waals surface area contributed by atoms with Crippen LogP contribution < -0.4 is 0 Å². The Morgan fingerprint density at radius 2 is 1.18 bits per heavy atom. The molecule has 0 aromatic carbocycles. The lowest BCUT2D eigenvalue weighted by Gasteiger charge is -2.34. The van der Waals surface area contributed by atoms with Crippen LogP contribution in [0.4, 0.5) is 0 Å². The summed E-state index contributed by atoms with van der Waals surface area (Å²) in [4.78, 5) is 0. The van der Waals surface area contributed by atoms with E-state index in [9.17, 15) is 0 Å². The van der Waals surface area contributed by atoms with Crippen LogP contribution in [-0.2, 0) is 0 Å². The molecule has 1 heterocycles. The minimum absolute atomic E-state index is 0.667. The highest BCUT2D eigenvalue weighted by molar-refractivity contribution is 4.72. The maximum atomic E-state index is 2.48. The second-order valence-electron chi connectivity index (χ2n) is 3.87. The summed E-state index contributed by atoms with van der Waals surface area (Å²) in [6.45, 7) is 11.6. The van der Waals surface area contributed by atoms with Crippen molar-refractivity contribution in [3.05, 3.63) is 0 Å². The van der Waals surface area contributed by atoms with E-state index in [1.807, 2.05) is 0 Å². The summed E-state index contributed by atoms with van der Waals surface area (Å²) >= 11 is 0. The van der Waals surface area contributed by atoms with Crippen LogP contribution in [0.3, 0.4) is 0 Å². The zero-order valence-electron chi connectivity index (χ0n) is 8.17. The molecule has 0 atom stereocenters. The molecule has 0 saturated carbocycles. The van der Waals surface area contributed by atoms with Gasteiger partial charge in [-0.1, -0.05) is 0 Å².